The summed E-state index contributed by atoms with van der Waals surface area (Å²) in [6, 6.07) is 10.3. The molecule has 2 rings (SSSR count). The molecule has 2 aromatic rings. The van der Waals surface area contributed by atoms with Crippen LogP contribution >= 0.6 is 34.8 Å². The van der Waals surface area contributed by atoms with Gasteiger partial charge >= 0.3 is 0 Å². The van der Waals surface area contributed by atoms with Crippen LogP contribution < -0.4 is 9.62 Å². The highest BCUT2D eigenvalue weighted by Crippen LogP contribution is 2.33. The van der Waals surface area contributed by atoms with Crippen LogP contribution in [0.2, 0.25) is 15.1 Å². The van der Waals surface area contributed by atoms with Gasteiger partial charge in [-0.15, -0.1) is 0 Å². The Labute approximate surface area is 167 Å². The SMILES string of the molecule is CCC(C(=O)Nc1cc(Cl)c(Cl)cc1Cl)N(c1ccccc1)S(C)(=O)=O. The number of halogens is 3. The fourth-order valence-electron chi connectivity index (χ4n) is 2.47. The molecule has 2 aromatic carbocycles. The summed E-state index contributed by atoms with van der Waals surface area (Å²) in [5.74, 6) is -0.526. The molecule has 0 heterocycles. The van der Waals surface area contributed by atoms with E-state index < -0.39 is 22.0 Å². The first-order valence-corrected chi connectivity index (χ1v) is 10.6. The van der Waals surface area contributed by atoms with Crippen LogP contribution in [-0.2, 0) is 14.8 Å². The van der Waals surface area contributed by atoms with Crippen LogP contribution in [0.15, 0.2) is 42.5 Å². The summed E-state index contributed by atoms with van der Waals surface area (Å²) in [6.45, 7) is 1.72. The molecule has 1 amide bonds. The van der Waals surface area contributed by atoms with Crippen LogP contribution in [0.25, 0.3) is 0 Å². The zero-order chi connectivity index (χ0) is 19.5. The van der Waals surface area contributed by atoms with Gasteiger partial charge in [-0.1, -0.05) is 59.9 Å². The molecule has 0 aliphatic rings. The van der Waals surface area contributed by atoms with Crippen molar-refractivity contribution in [3.8, 4) is 0 Å². The van der Waals surface area contributed by atoms with E-state index in [1.807, 2.05) is 0 Å². The van der Waals surface area contributed by atoms with Gasteiger partial charge in [0.25, 0.3) is 0 Å². The average Bonchev–Trinajstić information content (AvgIpc) is 2.56. The number of carbonyl (C=O) groups excluding carboxylic acids is 1. The molecule has 0 saturated heterocycles. The Bertz CT molecular complexity index is 905. The fraction of sp³-hybridized carbons (Fsp3) is 0.235. The molecular weight excluding hydrogens is 419 g/mol. The van der Waals surface area contributed by atoms with Gasteiger partial charge in [0.1, 0.15) is 6.04 Å². The third-order valence-corrected chi connectivity index (χ3v) is 5.82. The van der Waals surface area contributed by atoms with E-state index in [0.717, 1.165) is 10.6 Å². The van der Waals surface area contributed by atoms with Gasteiger partial charge in [-0.2, -0.15) is 0 Å². The fourth-order valence-corrected chi connectivity index (χ4v) is 4.28. The summed E-state index contributed by atoms with van der Waals surface area (Å²) < 4.78 is 25.8. The van der Waals surface area contributed by atoms with Gasteiger partial charge in [-0.05, 0) is 30.7 Å². The zero-order valence-electron chi connectivity index (χ0n) is 14.0. The second-order valence-corrected chi connectivity index (χ2v) is 8.63. The normalized spacial score (nSPS) is 12.5. The number of nitrogens with zero attached hydrogens (tertiary/aromatic N) is 1. The molecule has 0 aromatic heterocycles. The van der Waals surface area contributed by atoms with E-state index in [0.29, 0.717) is 5.69 Å². The van der Waals surface area contributed by atoms with Crippen molar-refractivity contribution in [2.75, 3.05) is 15.9 Å². The first-order valence-electron chi connectivity index (χ1n) is 7.65. The van der Waals surface area contributed by atoms with E-state index >= 15 is 0 Å². The molecule has 1 atom stereocenters. The van der Waals surface area contributed by atoms with Gasteiger partial charge in [-0.3, -0.25) is 9.10 Å². The summed E-state index contributed by atoms with van der Waals surface area (Å²) in [4.78, 5) is 12.8. The molecule has 1 unspecified atom stereocenters. The van der Waals surface area contributed by atoms with Crippen LogP contribution in [0.3, 0.4) is 0 Å². The smallest absolute Gasteiger partial charge is 0.248 e. The van der Waals surface area contributed by atoms with Crippen molar-refractivity contribution in [1.82, 2.24) is 0 Å². The minimum Gasteiger partial charge on any atom is -0.323 e. The number of carbonyl (C=O) groups is 1. The summed E-state index contributed by atoms with van der Waals surface area (Å²) in [5.41, 5.74) is 0.656. The summed E-state index contributed by atoms with van der Waals surface area (Å²) in [5, 5.41) is 3.31. The monoisotopic (exact) mass is 434 g/mol. The summed E-state index contributed by atoms with van der Waals surface area (Å²) in [7, 11) is -3.70. The molecular formula is C17H17Cl3N2O3S. The highest BCUT2D eigenvalue weighted by Gasteiger charge is 2.31. The van der Waals surface area contributed by atoms with Crippen LogP contribution in [0.1, 0.15) is 13.3 Å². The number of sulfonamides is 1. The van der Waals surface area contributed by atoms with Gasteiger partial charge in [0.05, 0.1) is 32.7 Å². The highest BCUT2D eigenvalue weighted by molar-refractivity contribution is 7.92. The van der Waals surface area contributed by atoms with Crippen molar-refractivity contribution >= 4 is 62.1 Å². The predicted molar refractivity (Wildman–Crippen MR) is 108 cm³/mol. The molecule has 26 heavy (non-hydrogen) atoms. The van der Waals surface area contributed by atoms with E-state index in [2.05, 4.69) is 5.32 Å². The van der Waals surface area contributed by atoms with Crippen molar-refractivity contribution in [2.24, 2.45) is 0 Å². The van der Waals surface area contributed by atoms with Crippen molar-refractivity contribution in [2.45, 2.75) is 19.4 Å². The predicted octanol–water partition coefficient (Wildman–Crippen LogP) is 4.83. The standard InChI is InChI=1S/C17H17Cl3N2O3S/c1-3-16(22(26(2,24)25)11-7-5-4-6-8-11)17(23)21-15-10-13(19)12(18)9-14(15)20/h4-10,16H,3H2,1-2H3,(H,21,23). The topological polar surface area (TPSA) is 66.5 Å². The third-order valence-electron chi connectivity index (χ3n) is 3.61. The highest BCUT2D eigenvalue weighted by atomic mass is 35.5. The molecule has 0 saturated carbocycles. The quantitative estimate of drug-likeness (QED) is 0.661. The Kier molecular flexibility index (Phi) is 6.80. The minimum absolute atomic E-state index is 0.202. The largest absolute Gasteiger partial charge is 0.323 e. The van der Waals surface area contributed by atoms with E-state index in [1.54, 1.807) is 37.3 Å². The van der Waals surface area contributed by atoms with Crippen molar-refractivity contribution < 1.29 is 13.2 Å². The zero-order valence-corrected chi connectivity index (χ0v) is 17.1. The Balaban J connectivity index is 2.39. The number of hydrogen-bond donors (Lipinski definition) is 1. The van der Waals surface area contributed by atoms with Gasteiger partial charge < -0.3 is 5.32 Å². The lowest BCUT2D eigenvalue weighted by molar-refractivity contribution is -0.117. The molecule has 0 spiro atoms. The number of amides is 1. The molecule has 0 aliphatic carbocycles. The number of hydrogen-bond acceptors (Lipinski definition) is 3. The van der Waals surface area contributed by atoms with E-state index in [4.69, 9.17) is 34.8 Å². The lowest BCUT2D eigenvalue weighted by Gasteiger charge is -2.30. The van der Waals surface area contributed by atoms with Gasteiger partial charge in [-0.25, -0.2) is 8.42 Å². The van der Waals surface area contributed by atoms with E-state index in [1.165, 1.54) is 12.1 Å². The maximum Gasteiger partial charge on any atom is 0.248 e. The van der Waals surface area contributed by atoms with Gasteiger partial charge in [0.15, 0.2) is 0 Å². The number of benzene rings is 2. The molecule has 5 nitrogen and oxygen atoms in total. The number of rotatable bonds is 6. The summed E-state index contributed by atoms with van der Waals surface area (Å²) in [6.07, 6.45) is 1.31. The molecule has 0 radical (unpaired) electrons. The molecule has 9 heteroatoms. The molecule has 0 aliphatic heterocycles. The van der Waals surface area contributed by atoms with Crippen molar-refractivity contribution in [3.05, 3.63) is 57.5 Å². The van der Waals surface area contributed by atoms with Crippen LogP contribution in [-0.4, -0.2) is 26.6 Å². The van der Waals surface area contributed by atoms with Crippen molar-refractivity contribution in [3.63, 3.8) is 0 Å². The molecule has 1 N–H and O–H groups in total. The van der Waals surface area contributed by atoms with Gasteiger partial charge in [0, 0.05) is 0 Å². The van der Waals surface area contributed by atoms with E-state index in [-0.39, 0.29) is 27.2 Å². The minimum atomic E-state index is -3.70. The second-order valence-electron chi connectivity index (χ2n) is 5.55. The van der Waals surface area contributed by atoms with E-state index in [9.17, 15) is 13.2 Å². The first-order chi connectivity index (χ1) is 12.1. The summed E-state index contributed by atoms with van der Waals surface area (Å²) >= 11 is 17.9. The third kappa shape index (κ3) is 4.82. The van der Waals surface area contributed by atoms with Crippen LogP contribution in [0, 0.1) is 0 Å². The maximum atomic E-state index is 12.8. The Morgan fingerprint density at radius 2 is 1.65 bits per heavy atom. The molecule has 0 fully saturated rings. The van der Waals surface area contributed by atoms with Gasteiger partial charge in [0.2, 0.25) is 15.9 Å². The number of para-hydroxylation sites is 1. The lowest BCUT2D eigenvalue weighted by Crippen LogP contribution is -2.47. The van der Waals surface area contributed by atoms with Crippen LogP contribution in [0.4, 0.5) is 11.4 Å². The Morgan fingerprint density at radius 3 is 2.19 bits per heavy atom. The molecule has 0 bridgehead atoms. The number of nitrogens with one attached hydrogen (secondary N) is 1. The average molecular weight is 436 g/mol. The maximum absolute atomic E-state index is 12.8. The Morgan fingerprint density at radius 1 is 1.08 bits per heavy atom. The lowest BCUT2D eigenvalue weighted by atomic mass is 10.2. The van der Waals surface area contributed by atoms with Crippen molar-refractivity contribution in [1.29, 1.82) is 0 Å². The first kappa shape index (κ1) is 20.8. The number of anilines is 2. The molecule has 140 valence electrons. The second kappa shape index (κ2) is 8.48. The van der Waals surface area contributed by atoms with Crippen LogP contribution in [0.5, 0.6) is 0 Å². The Hall–Kier alpha value is -1.47.